The third kappa shape index (κ3) is 4.75. The average Bonchev–Trinajstić information content (AvgIpc) is 2.34. The summed E-state index contributed by atoms with van der Waals surface area (Å²) >= 11 is 8.96. The van der Waals surface area contributed by atoms with Crippen molar-refractivity contribution in [3.05, 3.63) is 16.0 Å². The van der Waals surface area contributed by atoms with E-state index in [1.54, 1.807) is 14.0 Å². The van der Waals surface area contributed by atoms with Crippen molar-refractivity contribution in [3.8, 4) is 0 Å². The highest BCUT2D eigenvalue weighted by molar-refractivity contribution is 9.10. The number of amides is 1. The van der Waals surface area contributed by atoms with Crippen molar-refractivity contribution in [1.29, 1.82) is 0 Å². The molecular weight excluding hydrogens is 323 g/mol. The first-order valence-corrected chi connectivity index (χ1v) is 6.43. The number of rotatable bonds is 6. The smallest absolute Gasteiger partial charge is 0.242 e. The molecule has 1 atom stereocenters. The standard InChI is InChI=1S/C10H14BrClN4O2/c1-6(9(17)13-3-4-18-2)15-8-7(11)5-14-10(12)16-8/h5-6H,3-4H2,1-2H3,(H,13,17)(H,14,15,16). The lowest BCUT2D eigenvalue weighted by Crippen LogP contribution is -2.39. The number of anilines is 1. The van der Waals surface area contributed by atoms with E-state index >= 15 is 0 Å². The van der Waals surface area contributed by atoms with Gasteiger partial charge in [0.1, 0.15) is 11.9 Å². The Morgan fingerprint density at radius 1 is 1.67 bits per heavy atom. The summed E-state index contributed by atoms with van der Waals surface area (Å²) in [6, 6.07) is -0.441. The van der Waals surface area contributed by atoms with E-state index in [2.05, 4.69) is 36.5 Å². The Bertz CT molecular complexity index is 419. The zero-order valence-electron chi connectivity index (χ0n) is 10.0. The minimum Gasteiger partial charge on any atom is -0.383 e. The molecule has 0 aromatic carbocycles. The molecule has 1 aromatic heterocycles. The zero-order chi connectivity index (χ0) is 13.5. The maximum absolute atomic E-state index is 11.7. The van der Waals surface area contributed by atoms with Crippen LogP contribution in [-0.2, 0) is 9.53 Å². The Morgan fingerprint density at radius 2 is 2.39 bits per heavy atom. The molecule has 0 aliphatic rings. The lowest BCUT2D eigenvalue weighted by molar-refractivity contribution is -0.121. The van der Waals surface area contributed by atoms with Crippen molar-refractivity contribution >= 4 is 39.3 Å². The fourth-order valence-electron chi connectivity index (χ4n) is 1.15. The molecule has 0 bridgehead atoms. The first-order chi connectivity index (χ1) is 8.54. The summed E-state index contributed by atoms with van der Waals surface area (Å²) < 4.78 is 5.49. The fraction of sp³-hybridized carbons (Fsp3) is 0.500. The van der Waals surface area contributed by atoms with Gasteiger partial charge in [0.25, 0.3) is 0 Å². The number of hydrogen-bond acceptors (Lipinski definition) is 5. The average molecular weight is 338 g/mol. The van der Waals surface area contributed by atoms with Crippen molar-refractivity contribution in [1.82, 2.24) is 15.3 Å². The van der Waals surface area contributed by atoms with Gasteiger partial charge in [-0.2, -0.15) is 4.98 Å². The van der Waals surface area contributed by atoms with E-state index in [-0.39, 0.29) is 11.2 Å². The van der Waals surface area contributed by atoms with Gasteiger partial charge in [0.15, 0.2) is 0 Å². The van der Waals surface area contributed by atoms with Crippen molar-refractivity contribution in [2.75, 3.05) is 25.6 Å². The maximum Gasteiger partial charge on any atom is 0.242 e. The van der Waals surface area contributed by atoms with Crippen LogP contribution in [0.4, 0.5) is 5.82 Å². The SMILES string of the molecule is COCCNC(=O)C(C)Nc1nc(Cl)ncc1Br. The monoisotopic (exact) mass is 336 g/mol. The first-order valence-electron chi connectivity index (χ1n) is 5.25. The number of ether oxygens (including phenoxy) is 1. The number of hydrogen-bond donors (Lipinski definition) is 2. The third-order valence-electron chi connectivity index (χ3n) is 2.07. The number of carbonyl (C=O) groups is 1. The van der Waals surface area contributed by atoms with Crippen LogP contribution in [0.1, 0.15) is 6.92 Å². The van der Waals surface area contributed by atoms with Crippen LogP contribution in [0, 0.1) is 0 Å². The van der Waals surface area contributed by atoms with Gasteiger partial charge in [0, 0.05) is 19.9 Å². The molecule has 0 aliphatic heterocycles. The van der Waals surface area contributed by atoms with E-state index in [0.717, 1.165) is 0 Å². The molecule has 0 radical (unpaired) electrons. The van der Waals surface area contributed by atoms with Crippen molar-refractivity contribution in [2.45, 2.75) is 13.0 Å². The molecular formula is C10H14BrClN4O2. The Morgan fingerprint density at radius 3 is 3.06 bits per heavy atom. The molecule has 0 saturated heterocycles. The van der Waals surface area contributed by atoms with Gasteiger partial charge >= 0.3 is 0 Å². The summed E-state index contributed by atoms with van der Waals surface area (Å²) in [6.07, 6.45) is 1.52. The van der Waals surface area contributed by atoms with Crippen molar-refractivity contribution in [3.63, 3.8) is 0 Å². The number of aromatic nitrogens is 2. The molecule has 0 fully saturated rings. The van der Waals surface area contributed by atoms with Crippen LogP contribution >= 0.6 is 27.5 Å². The van der Waals surface area contributed by atoms with E-state index in [1.807, 2.05) is 0 Å². The summed E-state index contributed by atoms with van der Waals surface area (Å²) in [6.45, 7) is 2.67. The molecule has 1 amide bonds. The minimum absolute atomic E-state index is 0.118. The van der Waals surface area contributed by atoms with Gasteiger partial charge in [-0.25, -0.2) is 4.98 Å². The van der Waals surface area contributed by atoms with Gasteiger partial charge in [0.05, 0.1) is 11.1 Å². The molecule has 1 heterocycles. The maximum atomic E-state index is 11.7. The lowest BCUT2D eigenvalue weighted by Gasteiger charge is -2.15. The Labute approximate surface area is 119 Å². The second-order valence-electron chi connectivity index (χ2n) is 3.49. The van der Waals surface area contributed by atoms with Gasteiger partial charge in [-0.05, 0) is 34.5 Å². The van der Waals surface area contributed by atoms with Gasteiger partial charge in [-0.3, -0.25) is 4.79 Å². The molecule has 0 spiro atoms. The van der Waals surface area contributed by atoms with Gasteiger partial charge < -0.3 is 15.4 Å². The number of carbonyl (C=O) groups excluding carboxylic acids is 1. The van der Waals surface area contributed by atoms with Crippen LogP contribution in [0.25, 0.3) is 0 Å². The summed E-state index contributed by atoms with van der Waals surface area (Å²) in [5.41, 5.74) is 0. The summed E-state index contributed by atoms with van der Waals surface area (Å²) in [5.74, 6) is 0.332. The van der Waals surface area contributed by atoms with Crippen LogP contribution < -0.4 is 10.6 Å². The van der Waals surface area contributed by atoms with E-state index in [1.165, 1.54) is 6.20 Å². The topological polar surface area (TPSA) is 76.1 Å². The quantitative estimate of drug-likeness (QED) is 0.607. The second kappa shape index (κ2) is 7.50. The van der Waals surface area contributed by atoms with Crippen LogP contribution in [0.3, 0.4) is 0 Å². The van der Waals surface area contributed by atoms with E-state index in [4.69, 9.17) is 16.3 Å². The van der Waals surface area contributed by atoms with Gasteiger partial charge in [-0.15, -0.1) is 0 Å². The van der Waals surface area contributed by atoms with E-state index < -0.39 is 6.04 Å². The molecule has 18 heavy (non-hydrogen) atoms. The zero-order valence-corrected chi connectivity index (χ0v) is 12.4. The van der Waals surface area contributed by atoms with Crippen molar-refractivity contribution in [2.24, 2.45) is 0 Å². The second-order valence-corrected chi connectivity index (χ2v) is 4.68. The molecule has 0 saturated carbocycles. The van der Waals surface area contributed by atoms with E-state index in [9.17, 15) is 4.79 Å². The Kier molecular flexibility index (Phi) is 6.31. The highest BCUT2D eigenvalue weighted by atomic mass is 79.9. The number of nitrogens with one attached hydrogen (secondary N) is 2. The molecule has 1 aromatic rings. The summed E-state index contributed by atoms with van der Waals surface area (Å²) in [4.78, 5) is 19.5. The molecule has 0 aliphatic carbocycles. The third-order valence-corrected chi connectivity index (χ3v) is 2.83. The lowest BCUT2D eigenvalue weighted by atomic mass is 10.3. The number of nitrogens with zero attached hydrogens (tertiary/aromatic N) is 2. The van der Waals surface area contributed by atoms with Gasteiger partial charge in [0.2, 0.25) is 11.2 Å². The highest BCUT2D eigenvalue weighted by Gasteiger charge is 2.14. The molecule has 1 rings (SSSR count). The Hall–Kier alpha value is -0.920. The molecule has 8 heteroatoms. The van der Waals surface area contributed by atoms with Crippen LogP contribution in [-0.4, -0.2) is 42.2 Å². The van der Waals surface area contributed by atoms with Crippen LogP contribution in [0.2, 0.25) is 5.28 Å². The van der Waals surface area contributed by atoms with Crippen LogP contribution in [0.5, 0.6) is 0 Å². The fourth-order valence-corrected chi connectivity index (χ4v) is 1.59. The molecule has 1 unspecified atom stereocenters. The van der Waals surface area contributed by atoms with E-state index in [0.29, 0.717) is 23.4 Å². The summed E-state index contributed by atoms with van der Waals surface area (Å²) in [7, 11) is 1.58. The largest absolute Gasteiger partial charge is 0.383 e. The Balaban J connectivity index is 2.55. The van der Waals surface area contributed by atoms with Crippen LogP contribution in [0.15, 0.2) is 10.7 Å². The summed E-state index contributed by atoms with van der Waals surface area (Å²) in [5, 5.41) is 5.78. The molecule has 6 nitrogen and oxygen atoms in total. The molecule has 100 valence electrons. The normalized spacial score (nSPS) is 12.0. The van der Waals surface area contributed by atoms with Gasteiger partial charge in [-0.1, -0.05) is 0 Å². The predicted molar refractivity (Wildman–Crippen MR) is 72.7 cm³/mol. The number of methoxy groups -OCH3 is 1. The molecule has 2 N–H and O–H groups in total. The predicted octanol–water partition coefficient (Wildman–Crippen LogP) is 1.46. The minimum atomic E-state index is -0.441. The highest BCUT2D eigenvalue weighted by Crippen LogP contribution is 2.20. The number of halogens is 2. The first kappa shape index (κ1) is 15.1. The van der Waals surface area contributed by atoms with Crippen molar-refractivity contribution < 1.29 is 9.53 Å².